The predicted octanol–water partition coefficient (Wildman–Crippen LogP) is 1.07. The van der Waals surface area contributed by atoms with E-state index in [0.29, 0.717) is 11.8 Å². The summed E-state index contributed by atoms with van der Waals surface area (Å²) < 4.78 is 2.09. The monoisotopic (exact) mass is 206 g/mol. The van der Waals surface area contributed by atoms with Crippen LogP contribution in [0, 0.1) is 5.92 Å². The van der Waals surface area contributed by atoms with Crippen LogP contribution in [-0.4, -0.2) is 20.8 Å². The van der Waals surface area contributed by atoms with E-state index in [4.69, 9.17) is 5.73 Å². The molecule has 0 radical (unpaired) electrons. The van der Waals surface area contributed by atoms with E-state index in [9.17, 15) is 0 Å². The molecule has 0 amide bonds. The molecular formula is C11H18N4. The Morgan fingerprint density at radius 3 is 2.87 bits per heavy atom. The maximum atomic E-state index is 5.94. The molecule has 0 saturated heterocycles. The van der Waals surface area contributed by atoms with Crippen molar-refractivity contribution in [3.63, 3.8) is 0 Å². The van der Waals surface area contributed by atoms with E-state index in [0.717, 1.165) is 18.8 Å². The van der Waals surface area contributed by atoms with Crippen LogP contribution in [0.15, 0.2) is 0 Å². The van der Waals surface area contributed by atoms with E-state index >= 15 is 0 Å². The van der Waals surface area contributed by atoms with Gasteiger partial charge in [-0.3, -0.25) is 0 Å². The van der Waals surface area contributed by atoms with Gasteiger partial charge in [-0.1, -0.05) is 0 Å². The molecule has 0 aromatic carbocycles. The highest BCUT2D eigenvalue weighted by molar-refractivity contribution is 5.07. The average Bonchev–Trinajstić information content (AvgIpc) is 2.97. The molecule has 3 rings (SSSR count). The molecule has 2 heterocycles. The first-order valence-corrected chi connectivity index (χ1v) is 5.93. The lowest BCUT2D eigenvalue weighted by atomic mass is 9.94. The van der Waals surface area contributed by atoms with Gasteiger partial charge in [0.25, 0.3) is 0 Å². The number of nitrogens with two attached hydrogens (primary N) is 1. The number of aryl methyl sites for hydroxylation is 1. The van der Waals surface area contributed by atoms with Crippen molar-refractivity contribution in [2.24, 2.45) is 11.7 Å². The Bertz CT molecular complexity index is 365. The Labute approximate surface area is 89.9 Å². The zero-order chi connectivity index (χ0) is 10.4. The summed E-state index contributed by atoms with van der Waals surface area (Å²) in [6.45, 7) is 3.06. The standard InChI is InChI=1S/C11H18N4/c1-7(12)9-4-5-10-13-11(8-2-3-8)14-15(10)6-9/h7-9H,2-6,12H2,1H3. The van der Waals surface area contributed by atoms with Gasteiger partial charge in [-0.2, -0.15) is 5.10 Å². The Kier molecular flexibility index (Phi) is 2.06. The summed E-state index contributed by atoms with van der Waals surface area (Å²) in [5, 5.41) is 4.60. The van der Waals surface area contributed by atoms with Crippen molar-refractivity contribution in [1.29, 1.82) is 0 Å². The molecule has 4 nitrogen and oxygen atoms in total. The second-order valence-electron chi connectivity index (χ2n) is 5.00. The fourth-order valence-electron chi connectivity index (χ4n) is 2.30. The van der Waals surface area contributed by atoms with Gasteiger partial charge in [-0.25, -0.2) is 9.67 Å². The first kappa shape index (κ1) is 9.33. The van der Waals surface area contributed by atoms with Gasteiger partial charge in [0.15, 0.2) is 5.82 Å². The Hall–Kier alpha value is -0.900. The Balaban J connectivity index is 1.82. The SMILES string of the molecule is CC(N)C1CCc2nc(C3CC3)nn2C1. The topological polar surface area (TPSA) is 56.7 Å². The van der Waals surface area contributed by atoms with Crippen molar-refractivity contribution in [3.8, 4) is 0 Å². The number of aromatic nitrogens is 3. The Morgan fingerprint density at radius 2 is 2.20 bits per heavy atom. The van der Waals surface area contributed by atoms with E-state index in [1.54, 1.807) is 0 Å². The van der Waals surface area contributed by atoms with Gasteiger partial charge >= 0.3 is 0 Å². The van der Waals surface area contributed by atoms with Crippen molar-refractivity contribution < 1.29 is 0 Å². The zero-order valence-electron chi connectivity index (χ0n) is 9.19. The third-order valence-electron chi connectivity index (χ3n) is 3.60. The second-order valence-corrected chi connectivity index (χ2v) is 5.00. The summed E-state index contributed by atoms with van der Waals surface area (Å²) in [6, 6.07) is 0.270. The van der Waals surface area contributed by atoms with E-state index in [1.807, 2.05) is 0 Å². The van der Waals surface area contributed by atoms with Gasteiger partial charge in [0.05, 0.1) is 0 Å². The first-order chi connectivity index (χ1) is 7.24. The quantitative estimate of drug-likeness (QED) is 0.787. The van der Waals surface area contributed by atoms with Crippen molar-refractivity contribution in [2.75, 3.05) is 0 Å². The van der Waals surface area contributed by atoms with Gasteiger partial charge in [0.1, 0.15) is 5.82 Å². The highest BCUT2D eigenvalue weighted by atomic mass is 15.4. The van der Waals surface area contributed by atoms with E-state index in [1.165, 1.54) is 25.1 Å². The molecule has 2 atom stereocenters. The molecule has 1 aliphatic heterocycles. The Morgan fingerprint density at radius 1 is 1.40 bits per heavy atom. The van der Waals surface area contributed by atoms with Crippen LogP contribution in [0.3, 0.4) is 0 Å². The fraction of sp³-hybridized carbons (Fsp3) is 0.818. The fourth-order valence-corrected chi connectivity index (χ4v) is 2.30. The second kappa shape index (κ2) is 3.30. The van der Waals surface area contributed by atoms with E-state index < -0.39 is 0 Å². The molecule has 1 aromatic heterocycles. The van der Waals surface area contributed by atoms with E-state index in [-0.39, 0.29) is 6.04 Å². The molecule has 2 N–H and O–H groups in total. The van der Waals surface area contributed by atoms with Crippen LogP contribution >= 0.6 is 0 Å². The molecule has 0 spiro atoms. The molecule has 1 aliphatic carbocycles. The molecule has 4 heteroatoms. The summed E-state index contributed by atoms with van der Waals surface area (Å²) in [6.07, 6.45) is 4.77. The number of rotatable bonds is 2. The number of hydrogen-bond acceptors (Lipinski definition) is 3. The molecule has 0 bridgehead atoms. The molecule has 1 saturated carbocycles. The molecule has 15 heavy (non-hydrogen) atoms. The van der Waals surface area contributed by atoms with Crippen LogP contribution < -0.4 is 5.73 Å². The lowest BCUT2D eigenvalue weighted by molar-refractivity contribution is 0.303. The molecule has 2 aliphatic rings. The lowest BCUT2D eigenvalue weighted by Gasteiger charge is -2.25. The van der Waals surface area contributed by atoms with Crippen molar-refractivity contribution >= 4 is 0 Å². The van der Waals surface area contributed by atoms with E-state index in [2.05, 4.69) is 21.7 Å². The summed E-state index contributed by atoms with van der Waals surface area (Å²) in [7, 11) is 0. The van der Waals surface area contributed by atoms with Crippen LogP contribution in [-0.2, 0) is 13.0 Å². The predicted molar refractivity (Wildman–Crippen MR) is 57.5 cm³/mol. The number of fused-ring (bicyclic) bond motifs is 1. The average molecular weight is 206 g/mol. The third-order valence-corrected chi connectivity index (χ3v) is 3.60. The third kappa shape index (κ3) is 1.67. The van der Waals surface area contributed by atoms with Crippen LogP contribution in [0.2, 0.25) is 0 Å². The van der Waals surface area contributed by atoms with Gasteiger partial charge in [0, 0.05) is 24.9 Å². The maximum Gasteiger partial charge on any atom is 0.154 e. The van der Waals surface area contributed by atoms with Crippen LogP contribution in [0.1, 0.15) is 43.8 Å². The van der Waals surface area contributed by atoms with Crippen LogP contribution in [0.4, 0.5) is 0 Å². The summed E-state index contributed by atoms with van der Waals surface area (Å²) in [5.41, 5.74) is 5.94. The molecular weight excluding hydrogens is 188 g/mol. The molecule has 1 fully saturated rings. The first-order valence-electron chi connectivity index (χ1n) is 5.93. The summed E-state index contributed by atoms with van der Waals surface area (Å²) in [5.74, 6) is 3.49. The molecule has 82 valence electrons. The van der Waals surface area contributed by atoms with Gasteiger partial charge < -0.3 is 5.73 Å². The van der Waals surface area contributed by atoms with Crippen LogP contribution in [0.5, 0.6) is 0 Å². The minimum Gasteiger partial charge on any atom is -0.328 e. The van der Waals surface area contributed by atoms with Crippen molar-refractivity contribution in [1.82, 2.24) is 14.8 Å². The molecule has 1 aromatic rings. The minimum absolute atomic E-state index is 0.270. The van der Waals surface area contributed by atoms with Crippen molar-refractivity contribution in [3.05, 3.63) is 11.6 Å². The summed E-state index contributed by atoms with van der Waals surface area (Å²) in [4.78, 5) is 4.62. The highest BCUT2D eigenvalue weighted by Gasteiger charge is 2.31. The lowest BCUT2D eigenvalue weighted by Crippen LogP contribution is -2.34. The number of nitrogens with zero attached hydrogens (tertiary/aromatic N) is 3. The molecule has 2 unspecified atom stereocenters. The van der Waals surface area contributed by atoms with Crippen molar-refractivity contribution in [2.45, 2.75) is 51.1 Å². The normalized spacial score (nSPS) is 27.5. The minimum atomic E-state index is 0.270. The number of hydrogen-bond donors (Lipinski definition) is 1. The maximum absolute atomic E-state index is 5.94. The smallest absolute Gasteiger partial charge is 0.154 e. The highest BCUT2D eigenvalue weighted by Crippen LogP contribution is 2.38. The van der Waals surface area contributed by atoms with Gasteiger partial charge in [-0.15, -0.1) is 0 Å². The van der Waals surface area contributed by atoms with Gasteiger partial charge in [0.2, 0.25) is 0 Å². The zero-order valence-corrected chi connectivity index (χ0v) is 9.19. The summed E-state index contributed by atoms with van der Waals surface area (Å²) >= 11 is 0. The van der Waals surface area contributed by atoms with Crippen LogP contribution in [0.25, 0.3) is 0 Å². The largest absolute Gasteiger partial charge is 0.328 e. The van der Waals surface area contributed by atoms with Gasteiger partial charge in [-0.05, 0) is 32.1 Å².